The average Bonchev–Trinajstić information content (AvgIpc) is 4.03. The highest BCUT2D eigenvalue weighted by Gasteiger charge is 2.39. The number of aromatic nitrogens is 3. The zero-order valence-corrected chi connectivity index (χ0v) is 32.8. The first-order chi connectivity index (χ1) is 26.9. The first-order valence-corrected chi connectivity index (χ1v) is 19.4. The van der Waals surface area contributed by atoms with Gasteiger partial charge in [-0.15, -0.1) is 0 Å². The molecule has 4 amide bonds. The van der Waals surface area contributed by atoms with E-state index in [1.807, 2.05) is 57.0 Å². The summed E-state index contributed by atoms with van der Waals surface area (Å²) in [5.41, 5.74) is 6.59. The molecular formula is C42H50N8O6. The van der Waals surface area contributed by atoms with Crippen molar-refractivity contribution in [1.29, 1.82) is 0 Å². The Kier molecular flexibility index (Phi) is 11.1. The molecular weight excluding hydrogens is 713 g/mol. The molecule has 3 aliphatic heterocycles. The summed E-state index contributed by atoms with van der Waals surface area (Å²) >= 11 is 0. The second kappa shape index (κ2) is 16.1. The lowest BCUT2D eigenvalue weighted by Gasteiger charge is -2.31. The molecule has 2 aromatic heterocycles. The van der Waals surface area contributed by atoms with Crippen molar-refractivity contribution >= 4 is 57.1 Å². The predicted molar refractivity (Wildman–Crippen MR) is 214 cm³/mol. The van der Waals surface area contributed by atoms with Gasteiger partial charge in [0.2, 0.25) is 11.8 Å². The van der Waals surface area contributed by atoms with Crippen molar-refractivity contribution in [3.8, 4) is 11.3 Å². The molecule has 4 aromatic rings. The Bertz CT molecular complexity index is 2230. The van der Waals surface area contributed by atoms with E-state index in [1.54, 1.807) is 11.1 Å². The fourth-order valence-electron chi connectivity index (χ4n) is 8.13. The Hall–Kier alpha value is -5.79. The number of fused-ring (bicyclic) bond motifs is 2. The standard InChI is InChI=1S/C42H50N8O6/c1-23(2)36(47-41(53)55-5)39(51)49-15-7-9-34(49)32-20-29(21-43-32)25-13-14-30-28(17-25)18-26-11-12-27(19-31(26)45-30)33-22-44-38(46-33)35-10-8-16-50(35)40(52)37(24(3)4)48-42(54)56-6/h11-14,17-19,21-24,34-37H,7-10,15-16,20H2,1-6H3,(H,44,46)(H,47,53)(H,48,54)/t34-,35-,36-,37-/m0/s1. The minimum absolute atomic E-state index is 0.0938. The third-order valence-electron chi connectivity index (χ3n) is 11.2. The fourth-order valence-corrected chi connectivity index (χ4v) is 8.13. The van der Waals surface area contributed by atoms with Gasteiger partial charge in [-0.05, 0) is 72.9 Å². The summed E-state index contributed by atoms with van der Waals surface area (Å²) in [4.78, 5) is 72.8. The van der Waals surface area contributed by atoms with Crippen molar-refractivity contribution in [2.75, 3.05) is 27.3 Å². The van der Waals surface area contributed by atoms with Gasteiger partial charge < -0.3 is 34.9 Å². The van der Waals surface area contributed by atoms with E-state index >= 15 is 0 Å². The maximum atomic E-state index is 13.6. The van der Waals surface area contributed by atoms with Crippen LogP contribution in [0.15, 0.2) is 59.9 Å². The number of ether oxygens (including phenoxy) is 2. The van der Waals surface area contributed by atoms with Crippen LogP contribution >= 0.6 is 0 Å². The van der Waals surface area contributed by atoms with Crippen LogP contribution in [0.5, 0.6) is 0 Å². The lowest BCUT2D eigenvalue weighted by atomic mass is 9.96. The van der Waals surface area contributed by atoms with E-state index in [0.29, 0.717) is 25.3 Å². The second-order valence-electron chi connectivity index (χ2n) is 15.5. The largest absolute Gasteiger partial charge is 0.453 e. The molecule has 2 aromatic carbocycles. The molecule has 2 fully saturated rings. The molecule has 3 aliphatic rings. The molecule has 294 valence electrons. The molecule has 0 spiro atoms. The molecule has 7 rings (SSSR count). The van der Waals surface area contributed by atoms with E-state index in [-0.39, 0.29) is 35.7 Å². The van der Waals surface area contributed by atoms with Crippen LogP contribution in [0.3, 0.4) is 0 Å². The van der Waals surface area contributed by atoms with Crippen LogP contribution in [0.25, 0.3) is 38.6 Å². The van der Waals surface area contributed by atoms with E-state index in [1.165, 1.54) is 14.2 Å². The van der Waals surface area contributed by atoms with Gasteiger partial charge in [0, 0.05) is 47.8 Å². The molecule has 5 heterocycles. The maximum Gasteiger partial charge on any atom is 0.407 e. The topological polar surface area (TPSA) is 171 Å². The van der Waals surface area contributed by atoms with Gasteiger partial charge in [0.1, 0.15) is 17.9 Å². The first kappa shape index (κ1) is 38.5. The molecule has 56 heavy (non-hydrogen) atoms. The number of hydrogen-bond acceptors (Lipinski definition) is 9. The van der Waals surface area contributed by atoms with Crippen LogP contribution in [0, 0.1) is 11.8 Å². The van der Waals surface area contributed by atoms with Crippen molar-refractivity contribution in [2.45, 2.75) is 84.0 Å². The number of nitrogens with one attached hydrogen (secondary N) is 3. The minimum Gasteiger partial charge on any atom is -0.453 e. The summed E-state index contributed by atoms with van der Waals surface area (Å²) in [7, 11) is 2.59. The van der Waals surface area contributed by atoms with Crippen molar-refractivity contribution in [1.82, 2.24) is 35.4 Å². The number of methoxy groups -OCH3 is 2. The number of carbonyl (C=O) groups is 4. The van der Waals surface area contributed by atoms with Crippen LogP contribution in [-0.4, -0.2) is 99.9 Å². The normalized spacial score (nSPS) is 19.4. The molecule has 0 aliphatic carbocycles. The maximum absolute atomic E-state index is 13.6. The number of imidazole rings is 1. The van der Waals surface area contributed by atoms with E-state index < -0.39 is 24.3 Å². The third-order valence-corrected chi connectivity index (χ3v) is 11.2. The van der Waals surface area contributed by atoms with Gasteiger partial charge >= 0.3 is 12.2 Å². The number of aromatic amines is 1. The molecule has 0 radical (unpaired) electrons. The van der Waals surface area contributed by atoms with Gasteiger partial charge in [0.25, 0.3) is 0 Å². The van der Waals surface area contributed by atoms with Crippen LogP contribution in [0.2, 0.25) is 0 Å². The number of amides is 4. The molecule has 14 heteroatoms. The number of pyridine rings is 1. The highest BCUT2D eigenvalue weighted by Crippen LogP contribution is 2.35. The van der Waals surface area contributed by atoms with E-state index in [9.17, 15) is 19.2 Å². The summed E-state index contributed by atoms with van der Waals surface area (Å²) in [6.45, 7) is 8.83. The van der Waals surface area contributed by atoms with Crippen LogP contribution in [0.4, 0.5) is 9.59 Å². The molecule has 0 saturated carbocycles. The number of allylic oxidation sites excluding steroid dienone is 1. The Morgan fingerprint density at radius 3 is 2.04 bits per heavy atom. The summed E-state index contributed by atoms with van der Waals surface area (Å²) in [5, 5.41) is 7.43. The van der Waals surface area contributed by atoms with Gasteiger partial charge in [0.15, 0.2) is 0 Å². The van der Waals surface area contributed by atoms with Crippen molar-refractivity contribution in [3.63, 3.8) is 0 Å². The zero-order chi connectivity index (χ0) is 39.7. The van der Waals surface area contributed by atoms with E-state index in [4.69, 9.17) is 24.4 Å². The lowest BCUT2D eigenvalue weighted by Crippen LogP contribution is -2.53. The number of rotatable bonds is 10. The number of aliphatic imine (C=N–C) groups is 1. The minimum atomic E-state index is -0.697. The first-order valence-electron chi connectivity index (χ1n) is 19.4. The number of alkyl carbamates (subject to hydrolysis) is 2. The molecule has 0 bridgehead atoms. The number of carbonyl (C=O) groups excluding carboxylic acids is 4. The van der Waals surface area contributed by atoms with Gasteiger partial charge in [0.05, 0.1) is 49.2 Å². The van der Waals surface area contributed by atoms with Gasteiger partial charge in [-0.1, -0.05) is 45.9 Å². The zero-order valence-electron chi connectivity index (χ0n) is 32.8. The lowest BCUT2D eigenvalue weighted by molar-refractivity contribution is -0.135. The summed E-state index contributed by atoms with van der Waals surface area (Å²) in [5.74, 6) is 0.248. The number of H-pyrrole nitrogens is 1. The molecule has 0 unspecified atom stereocenters. The van der Waals surface area contributed by atoms with Crippen molar-refractivity contribution in [2.24, 2.45) is 16.8 Å². The molecule has 4 atom stereocenters. The Morgan fingerprint density at radius 1 is 0.768 bits per heavy atom. The number of benzene rings is 2. The van der Waals surface area contributed by atoms with E-state index in [2.05, 4.69) is 39.9 Å². The van der Waals surface area contributed by atoms with Crippen LogP contribution < -0.4 is 10.6 Å². The average molecular weight is 763 g/mol. The Morgan fingerprint density at radius 2 is 1.39 bits per heavy atom. The highest BCUT2D eigenvalue weighted by molar-refractivity contribution is 6.05. The predicted octanol–water partition coefficient (Wildman–Crippen LogP) is 6.38. The molecule has 14 nitrogen and oxygen atoms in total. The van der Waals surface area contributed by atoms with Crippen molar-refractivity contribution < 1.29 is 28.7 Å². The highest BCUT2D eigenvalue weighted by atomic mass is 16.5. The quantitative estimate of drug-likeness (QED) is 0.156. The summed E-state index contributed by atoms with van der Waals surface area (Å²) < 4.78 is 9.54. The van der Waals surface area contributed by atoms with Gasteiger partial charge in [-0.25, -0.2) is 19.6 Å². The monoisotopic (exact) mass is 762 g/mol. The summed E-state index contributed by atoms with van der Waals surface area (Å²) in [6, 6.07) is 12.8. The molecule has 3 N–H and O–H groups in total. The number of likely N-dealkylation sites (tertiary alicyclic amines) is 2. The summed E-state index contributed by atoms with van der Waals surface area (Å²) in [6.07, 6.45) is 6.42. The number of nitrogens with zero attached hydrogens (tertiary/aromatic N) is 5. The second-order valence-corrected chi connectivity index (χ2v) is 15.5. The third kappa shape index (κ3) is 7.69. The van der Waals surface area contributed by atoms with Crippen LogP contribution in [0.1, 0.15) is 77.2 Å². The Labute approximate surface area is 326 Å². The van der Waals surface area contributed by atoms with Gasteiger partial charge in [-0.2, -0.15) is 0 Å². The fraction of sp³-hybridized carbons (Fsp3) is 0.452. The van der Waals surface area contributed by atoms with Crippen LogP contribution in [-0.2, 0) is 19.1 Å². The van der Waals surface area contributed by atoms with E-state index in [0.717, 1.165) is 75.6 Å². The smallest absolute Gasteiger partial charge is 0.407 e. The van der Waals surface area contributed by atoms with Crippen molar-refractivity contribution in [3.05, 3.63) is 66.2 Å². The SMILES string of the molecule is COC(=O)N[C@H](C(=O)N1CCC[C@H]1C1=NC=C(c2ccc3nc4cc(-c5cnc([C@@H]6CCCN6C(=O)[C@@H](NC(=O)OC)C(C)C)[nH]5)ccc4cc3c2)C1)C(C)C. The number of hydrogen-bond donors (Lipinski definition) is 3. The van der Waals surface area contributed by atoms with Gasteiger partial charge in [-0.3, -0.25) is 14.6 Å². The molecule has 2 saturated heterocycles. The Balaban J connectivity index is 1.04.